The Kier molecular flexibility index (Phi) is 8.00. The Morgan fingerprint density at radius 1 is 1.15 bits per heavy atom. The van der Waals surface area contributed by atoms with Crippen LogP contribution in [-0.2, 0) is 4.79 Å². The lowest BCUT2D eigenvalue weighted by atomic mass is 10.0. The molecule has 3 heterocycles. The van der Waals surface area contributed by atoms with E-state index in [2.05, 4.69) is 30.4 Å². The van der Waals surface area contributed by atoms with Crippen LogP contribution in [0.1, 0.15) is 34.6 Å². The molecule has 0 aliphatic carbocycles. The molecule has 0 radical (unpaired) electrons. The molecule has 210 valence electrons. The van der Waals surface area contributed by atoms with E-state index in [1.165, 1.54) is 17.6 Å². The van der Waals surface area contributed by atoms with Crippen molar-refractivity contribution < 1.29 is 31.9 Å². The number of carbonyl (C=O) groups excluding carboxylic acids is 2. The fraction of sp³-hybridized carbons (Fsp3) is 0.269. The molecule has 0 fully saturated rings. The van der Waals surface area contributed by atoms with Gasteiger partial charge >= 0.3 is 6.36 Å². The lowest BCUT2D eigenvalue weighted by Gasteiger charge is -2.18. The van der Waals surface area contributed by atoms with Crippen LogP contribution in [0.25, 0.3) is 16.9 Å². The smallest absolute Gasteiger partial charge is 0.406 e. The van der Waals surface area contributed by atoms with E-state index in [0.29, 0.717) is 28.4 Å². The highest BCUT2D eigenvalue weighted by Crippen LogP contribution is 2.28. The van der Waals surface area contributed by atoms with Crippen molar-refractivity contribution in [3.63, 3.8) is 0 Å². The molecule has 1 aromatic carbocycles. The second-order valence-corrected chi connectivity index (χ2v) is 9.22. The van der Waals surface area contributed by atoms with E-state index in [4.69, 9.17) is 0 Å². The van der Waals surface area contributed by atoms with Gasteiger partial charge in [-0.1, -0.05) is 0 Å². The summed E-state index contributed by atoms with van der Waals surface area (Å²) in [4.78, 5) is 35.4. The summed E-state index contributed by atoms with van der Waals surface area (Å²) >= 11 is 0. The number of hydrogen-bond donors (Lipinski definition) is 2. The minimum absolute atomic E-state index is 0.164. The third-order valence-corrected chi connectivity index (χ3v) is 5.69. The van der Waals surface area contributed by atoms with E-state index < -0.39 is 29.9 Å². The van der Waals surface area contributed by atoms with Crippen molar-refractivity contribution in [3.8, 4) is 17.0 Å². The topological polar surface area (TPSA) is 114 Å². The summed E-state index contributed by atoms with van der Waals surface area (Å²) in [6.07, 6.45) is -1.87. The Balaban J connectivity index is 1.54. The molecule has 2 N–H and O–H groups in total. The highest BCUT2D eigenvalue weighted by atomic mass is 19.4. The highest BCUT2D eigenvalue weighted by molar-refractivity contribution is 5.96. The van der Waals surface area contributed by atoms with Crippen LogP contribution in [-0.4, -0.2) is 63.3 Å². The highest BCUT2D eigenvalue weighted by Gasteiger charge is 2.31. The quantitative estimate of drug-likeness (QED) is 0.312. The number of aryl methyl sites for hydroxylation is 1. The number of nitrogens with one attached hydrogen (secondary N) is 2. The van der Waals surface area contributed by atoms with Crippen molar-refractivity contribution in [2.75, 3.05) is 26.0 Å². The number of pyridine rings is 1. The maximum absolute atomic E-state index is 14.4. The van der Waals surface area contributed by atoms with Crippen LogP contribution in [0.15, 0.2) is 48.8 Å². The van der Waals surface area contributed by atoms with E-state index in [1.807, 2.05) is 0 Å². The number of hydrogen-bond acceptors (Lipinski definition) is 7. The minimum Gasteiger partial charge on any atom is -0.406 e. The van der Waals surface area contributed by atoms with Crippen molar-refractivity contribution in [2.45, 2.75) is 26.3 Å². The van der Waals surface area contributed by atoms with Crippen LogP contribution in [0.2, 0.25) is 0 Å². The summed E-state index contributed by atoms with van der Waals surface area (Å²) in [6, 6.07) is 6.49. The average Bonchev–Trinajstić information content (AvgIpc) is 3.25. The standard InChI is InChI=1S/C26H25F4N7O3/c1-14-19(25(39)32-15(2)18-10-17(5-6-20(18)27)40-26(28,29)30)9-16(11-31-14)21-7-8-23-33-22(12-37(23)35-21)34-24(38)13-36(3)4/h5-12,15H,13H2,1-4H3,(H,32,39)(H,34,38)/t15-/m1/s1. The molecule has 4 rings (SSSR count). The first-order valence-corrected chi connectivity index (χ1v) is 11.9. The molecule has 0 unspecified atom stereocenters. The number of benzene rings is 1. The second kappa shape index (κ2) is 11.3. The zero-order valence-electron chi connectivity index (χ0n) is 21.9. The predicted molar refractivity (Wildman–Crippen MR) is 137 cm³/mol. The molecule has 40 heavy (non-hydrogen) atoms. The number of carbonyl (C=O) groups is 2. The molecule has 0 saturated carbocycles. The molecule has 3 aromatic heterocycles. The zero-order valence-corrected chi connectivity index (χ0v) is 21.9. The van der Waals surface area contributed by atoms with Crippen molar-refractivity contribution in [2.24, 2.45) is 0 Å². The largest absolute Gasteiger partial charge is 0.573 e. The number of nitrogens with zero attached hydrogens (tertiary/aromatic N) is 5. The summed E-state index contributed by atoms with van der Waals surface area (Å²) < 4.78 is 57.5. The van der Waals surface area contributed by atoms with E-state index in [9.17, 15) is 27.2 Å². The number of anilines is 1. The Morgan fingerprint density at radius 2 is 1.90 bits per heavy atom. The zero-order chi connectivity index (χ0) is 29.2. The SMILES string of the molecule is Cc1ncc(-c2ccc3nc(NC(=O)CN(C)C)cn3n2)cc1C(=O)N[C@H](C)c1cc(OC(F)(F)F)ccc1F. The van der Waals surface area contributed by atoms with E-state index >= 15 is 0 Å². The van der Waals surface area contributed by atoms with E-state index in [0.717, 1.165) is 18.2 Å². The van der Waals surface area contributed by atoms with Crippen molar-refractivity contribution in [3.05, 3.63) is 71.4 Å². The van der Waals surface area contributed by atoms with Gasteiger partial charge in [0, 0.05) is 17.3 Å². The van der Waals surface area contributed by atoms with Crippen molar-refractivity contribution in [1.29, 1.82) is 0 Å². The van der Waals surface area contributed by atoms with Gasteiger partial charge in [0.15, 0.2) is 11.5 Å². The number of amides is 2. The summed E-state index contributed by atoms with van der Waals surface area (Å²) in [6.45, 7) is 3.23. The minimum atomic E-state index is -4.94. The van der Waals surface area contributed by atoms with Gasteiger partial charge in [0.1, 0.15) is 11.6 Å². The van der Waals surface area contributed by atoms with Gasteiger partial charge in [-0.25, -0.2) is 13.9 Å². The van der Waals surface area contributed by atoms with Crippen LogP contribution in [0.4, 0.5) is 23.4 Å². The van der Waals surface area contributed by atoms with Crippen LogP contribution >= 0.6 is 0 Å². The number of ether oxygens (including phenoxy) is 1. The van der Waals surface area contributed by atoms with Gasteiger partial charge in [-0.2, -0.15) is 5.10 Å². The summed E-state index contributed by atoms with van der Waals surface area (Å²) in [7, 11) is 3.54. The summed E-state index contributed by atoms with van der Waals surface area (Å²) in [5.41, 5.74) is 1.78. The lowest BCUT2D eigenvalue weighted by Crippen LogP contribution is -2.28. The van der Waals surface area contributed by atoms with Gasteiger partial charge in [0.2, 0.25) is 5.91 Å². The molecule has 14 heteroatoms. The molecule has 0 bridgehead atoms. The Morgan fingerprint density at radius 3 is 2.60 bits per heavy atom. The maximum atomic E-state index is 14.4. The number of rotatable bonds is 8. The van der Waals surface area contributed by atoms with Crippen molar-refractivity contribution >= 4 is 23.3 Å². The first kappa shape index (κ1) is 28.4. The van der Waals surface area contributed by atoms with Gasteiger partial charge in [-0.3, -0.25) is 14.6 Å². The summed E-state index contributed by atoms with van der Waals surface area (Å²) in [5, 5.41) is 9.78. The number of fused-ring (bicyclic) bond motifs is 1. The second-order valence-electron chi connectivity index (χ2n) is 9.22. The molecule has 0 saturated heterocycles. The fourth-order valence-corrected chi connectivity index (χ4v) is 3.87. The molecular formula is C26H25F4N7O3. The molecule has 2 amide bonds. The molecule has 1 atom stereocenters. The van der Waals surface area contributed by atoms with E-state index in [1.54, 1.807) is 50.3 Å². The van der Waals surface area contributed by atoms with Crippen LogP contribution in [0, 0.1) is 12.7 Å². The van der Waals surface area contributed by atoms with E-state index in [-0.39, 0.29) is 23.6 Å². The Bertz CT molecular complexity index is 1570. The molecular weight excluding hydrogens is 534 g/mol. The first-order chi connectivity index (χ1) is 18.8. The number of likely N-dealkylation sites (N-methyl/N-ethyl adjacent to an activating group) is 1. The fourth-order valence-electron chi connectivity index (χ4n) is 3.87. The van der Waals surface area contributed by atoms with Gasteiger partial charge in [-0.15, -0.1) is 13.2 Å². The normalized spacial score (nSPS) is 12.4. The predicted octanol–water partition coefficient (Wildman–Crippen LogP) is 4.13. The molecule has 4 aromatic rings. The monoisotopic (exact) mass is 559 g/mol. The van der Waals surface area contributed by atoms with Gasteiger partial charge in [0.25, 0.3) is 5.91 Å². The average molecular weight is 560 g/mol. The number of aromatic nitrogens is 4. The number of halogens is 4. The number of alkyl halides is 3. The summed E-state index contributed by atoms with van der Waals surface area (Å²) in [5.74, 6) is -1.94. The molecule has 0 aliphatic rings. The van der Waals surface area contributed by atoms with Gasteiger partial charge in [-0.05, 0) is 64.3 Å². The third-order valence-electron chi connectivity index (χ3n) is 5.69. The van der Waals surface area contributed by atoms with Crippen LogP contribution < -0.4 is 15.4 Å². The molecule has 10 nitrogen and oxygen atoms in total. The van der Waals surface area contributed by atoms with Crippen LogP contribution in [0.3, 0.4) is 0 Å². The third kappa shape index (κ3) is 6.88. The van der Waals surface area contributed by atoms with Gasteiger partial charge in [0.05, 0.1) is 35.7 Å². The van der Waals surface area contributed by atoms with Gasteiger partial charge < -0.3 is 20.3 Å². The maximum Gasteiger partial charge on any atom is 0.573 e. The number of imidazole rings is 1. The van der Waals surface area contributed by atoms with Crippen molar-refractivity contribution in [1.82, 2.24) is 29.8 Å². The molecule has 0 aliphatic heterocycles. The molecule has 0 spiro atoms. The lowest BCUT2D eigenvalue weighted by molar-refractivity contribution is -0.274. The Hall–Kier alpha value is -4.59. The van der Waals surface area contributed by atoms with Crippen LogP contribution in [0.5, 0.6) is 5.75 Å². The Labute approximate surface area is 226 Å². The first-order valence-electron chi connectivity index (χ1n) is 11.9.